The number of imidazole rings is 1. The van der Waals surface area contributed by atoms with E-state index in [1.807, 2.05) is 6.20 Å². The Hall–Kier alpha value is -1.61. The zero-order valence-corrected chi connectivity index (χ0v) is 11.9. The lowest BCUT2D eigenvalue weighted by Gasteiger charge is -2.08. The van der Waals surface area contributed by atoms with Gasteiger partial charge in [0.05, 0.1) is 6.54 Å². The quantitative estimate of drug-likeness (QED) is 0.773. The monoisotopic (exact) mass is 257 g/mol. The van der Waals surface area contributed by atoms with Gasteiger partial charge in [0.2, 0.25) is 0 Å². The number of aryl methyl sites for hydroxylation is 2. The van der Waals surface area contributed by atoms with E-state index in [4.69, 9.17) is 0 Å². The summed E-state index contributed by atoms with van der Waals surface area (Å²) in [5, 5.41) is 3.47. The fourth-order valence-corrected chi connectivity index (χ4v) is 2.25. The largest absolute Gasteiger partial charge is 0.334 e. The number of benzene rings is 1. The number of nitrogens with one attached hydrogen (secondary N) is 1. The van der Waals surface area contributed by atoms with E-state index in [0.717, 1.165) is 38.3 Å². The van der Waals surface area contributed by atoms with Crippen LogP contribution in [0.5, 0.6) is 0 Å². The van der Waals surface area contributed by atoms with E-state index in [9.17, 15) is 0 Å². The smallest absolute Gasteiger partial charge is 0.122 e. The summed E-state index contributed by atoms with van der Waals surface area (Å²) in [5.74, 6) is 1.13. The van der Waals surface area contributed by atoms with Gasteiger partial charge in [-0.25, -0.2) is 4.98 Å². The predicted octanol–water partition coefficient (Wildman–Crippen LogP) is 2.93. The van der Waals surface area contributed by atoms with E-state index in [1.165, 1.54) is 11.1 Å². The summed E-state index contributed by atoms with van der Waals surface area (Å²) >= 11 is 0. The molecule has 1 aromatic heterocycles. The van der Waals surface area contributed by atoms with Crippen LogP contribution >= 0.6 is 0 Å². The fourth-order valence-electron chi connectivity index (χ4n) is 2.25. The third-order valence-electron chi connectivity index (χ3n) is 3.22. The van der Waals surface area contributed by atoms with E-state index in [2.05, 4.69) is 59.2 Å². The summed E-state index contributed by atoms with van der Waals surface area (Å²) in [4.78, 5) is 4.39. The zero-order valence-electron chi connectivity index (χ0n) is 11.9. The highest BCUT2D eigenvalue weighted by Crippen LogP contribution is 2.04. The van der Waals surface area contributed by atoms with Gasteiger partial charge in [-0.2, -0.15) is 0 Å². The Morgan fingerprint density at radius 2 is 2.21 bits per heavy atom. The average Bonchev–Trinajstić information content (AvgIpc) is 2.83. The molecule has 1 aromatic carbocycles. The van der Waals surface area contributed by atoms with Crippen molar-refractivity contribution < 1.29 is 0 Å². The van der Waals surface area contributed by atoms with Gasteiger partial charge in [-0.3, -0.25) is 0 Å². The van der Waals surface area contributed by atoms with Crippen molar-refractivity contribution in [2.75, 3.05) is 6.54 Å². The van der Waals surface area contributed by atoms with Crippen LogP contribution in [0, 0.1) is 6.92 Å². The summed E-state index contributed by atoms with van der Waals surface area (Å²) < 4.78 is 2.22. The third-order valence-corrected chi connectivity index (χ3v) is 3.22. The Labute approximate surface area is 115 Å². The second-order valence-corrected chi connectivity index (χ2v) is 4.95. The maximum atomic E-state index is 4.39. The first-order valence-corrected chi connectivity index (χ1v) is 7.06. The molecule has 0 aliphatic heterocycles. The van der Waals surface area contributed by atoms with Crippen molar-refractivity contribution in [3.8, 4) is 0 Å². The Morgan fingerprint density at radius 3 is 3.00 bits per heavy atom. The molecule has 3 nitrogen and oxygen atoms in total. The molecule has 0 aliphatic rings. The van der Waals surface area contributed by atoms with E-state index in [0.29, 0.717) is 0 Å². The molecular weight excluding hydrogens is 234 g/mol. The summed E-state index contributed by atoms with van der Waals surface area (Å²) in [7, 11) is 0. The van der Waals surface area contributed by atoms with E-state index >= 15 is 0 Å². The van der Waals surface area contributed by atoms with Gasteiger partial charge in [-0.05, 0) is 31.9 Å². The highest BCUT2D eigenvalue weighted by atomic mass is 15.1. The minimum Gasteiger partial charge on any atom is -0.334 e. The molecule has 2 aromatic rings. The van der Waals surface area contributed by atoms with Gasteiger partial charge in [0.1, 0.15) is 5.82 Å². The molecule has 0 fully saturated rings. The van der Waals surface area contributed by atoms with Crippen LogP contribution in [0.2, 0.25) is 0 Å². The second kappa shape index (κ2) is 7.10. The van der Waals surface area contributed by atoms with Crippen LogP contribution in [0.15, 0.2) is 36.7 Å². The topological polar surface area (TPSA) is 29.9 Å². The van der Waals surface area contributed by atoms with Crippen LogP contribution in [0.3, 0.4) is 0 Å². The highest BCUT2D eigenvalue weighted by Gasteiger charge is 2.01. The van der Waals surface area contributed by atoms with Crippen molar-refractivity contribution in [3.63, 3.8) is 0 Å². The molecule has 0 spiro atoms. The maximum absolute atomic E-state index is 4.39. The normalized spacial score (nSPS) is 10.8. The van der Waals surface area contributed by atoms with Gasteiger partial charge in [0.25, 0.3) is 0 Å². The molecule has 0 atom stereocenters. The molecule has 0 bridgehead atoms. The molecule has 1 heterocycles. The predicted molar refractivity (Wildman–Crippen MR) is 79.1 cm³/mol. The first-order valence-electron chi connectivity index (χ1n) is 7.06. The minimum absolute atomic E-state index is 0.846. The molecule has 0 amide bonds. The molecule has 0 aliphatic carbocycles. The van der Waals surface area contributed by atoms with Crippen molar-refractivity contribution in [2.24, 2.45) is 0 Å². The van der Waals surface area contributed by atoms with Crippen molar-refractivity contribution in [3.05, 3.63) is 53.6 Å². The van der Waals surface area contributed by atoms with E-state index in [-0.39, 0.29) is 0 Å². The zero-order chi connectivity index (χ0) is 13.5. The van der Waals surface area contributed by atoms with Crippen LogP contribution in [0.1, 0.15) is 30.3 Å². The van der Waals surface area contributed by atoms with Gasteiger partial charge < -0.3 is 9.88 Å². The van der Waals surface area contributed by atoms with Crippen molar-refractivity contribution >= 4 is 0 Å². The lowest BCUT2D eigenvalue weighted by molar-refractivity contribution is 0.589. The summed E-state index contributed by atoms with van der Waals surface area (Å²) in [6.45, 7) is 7.21. The third kappa shape index (κ3) is 4.21. The molecule has 19 heavy (non-hydrogen) atoms. The van der Waals surface area contributed by atoms with Crippen molar-refractivity contribution in [1.29, 1.82) is 0 Å². The fraction of sp³-hybridized carbons (Fsp3) is 0.438. The maximum Gasteiger partial charge on any atom is 0.122 e. The van der Waals surface area contributed by atoms with Crippen LogP contribution in [-0.2, 0) is 19.5 Å². The summed E-state index contributed by atoms with van der Waals surface area (Å²) in [6, 6.07) is 8.70. The summed E-state index contributed by atoms with van der Waals surface area (Å²) in [5.41, 5.74) is 2.72. The number of hydrogen-bond donors (Lipinski definition) is 1. The molecule has 102 valence electrons. The molecule has 2 rings (SSSR count). The highest BCUT2D eigenvalue weighted by molar-refractivity contribution is 5.22. The Bertz CT molecular complexity index is 502. The number of rotatable bonds is 7. The molecule has 0 saturated carbocycles. The molecular formula is C16H23N3. The van der Waals surface area contributed by atoms with Crippen molar-refractivity contribution in [2.45, 2.75) is 39.8 Å². The minimum atomic E-state index is 0.846. The van der Waals surface area contributed by atoms with Crippen LogP contribution in [0.25, 0.3) is 0 Å². The Kier molecular flexibility index (Phi) is 5.16. The first-order chi connectivity index (χ1) is 9.29. The van der Waals surface area contributed by atoms with Gasteiger partial charge in [-0.15, -0.1) is 0 Å². The lowest BCUT2D eigenvalue weighted by Crippen LogP contribution is -2.19. The Balaban J connectivity index is 1.76. The van der Waals surface area contributed by atoms with E-state index in [1.54, 1.807) is 0 Å². The first kappa shape index (κ1) is 13.8. The number of hydrogen-bond acceptors (Lipinski definition) is 2. The van der Waals surface area contributed by atoms with Gasteiger partial charge >= 0.3 is 0 Å². The summed E-state index contributed by atoms with van der Waals surface area (Å²) in [6.07, 6.45) is 6.15. The lowest BCUT2D eigenvalue weighted by atomic mass is 10.1. The van der Waals surface area contributed by atoms with E-state index < -0.39 is 0 Å². The van der Waals surface area contributed by atoms with Crippen molar-refractivity contribution in [1.82, 2.24) is 14.9 Å². The number of aromatic nitrogens is 2. The van der Waals surface area contributed by atoms with Gasteiger partial charge in [0.15, 0.2) is 0 Å². The average molecular weight is 257 g/mol. The van der Waals surface area contributed by atoms with Crippen LogP contribution in [-0.4, -0.2) is 16.1 Å². The molecule has 0 unspecified atom stereocenters. The van der Waals surface area contributed by atoms with Crippen LogP contribution in [0.4, 0.5) is 0 Å². The van der Waals surface area contributed by atoms with Crippen LogP contribution < -0.4 is 5.32 Å². The second-order valence-electron chi connectivity index (χ2n) is 4.95. The molecule has 1 N–H and O–H groups in total. The molecule has 0 radical (unpaired) electrons. The number of nitrogens with zero attached hydrogens (tertiary/aromatic N) is 2. The standard InChI is InChI=1S/C16H23N3/c1-3-10-19-11-9-18-16(19)13-17-8-7-15-6-4-5-14(2)12-15/h4-6,9,11-12,17H,3,7-8,10,13H2,1-2H3. The Morgan fingerprint density at radius 1 is 1.32 bits per heavy atom. The SMILES string of the molecule is CCCn1ccnc1CNCCc1cccc(C)c1. The van der Waals surface area contributed by atoms with Gasteiger partial charge in [-0.1, -0.05) is 36.8 Å². The van der Waals surface area contributed by atoms with Gasteiger partial charge in [0, 0.05) is 18.9 Å². The molecule has 3 heteroatoms. The molecule has 0 saturated heterocycles.